The summed E-state index contributed by atoms with van der Waals surface area (Å²) in [6.45, 7) is 8.89. The van der Waals surface area contributed by atoms with E-state index in [0.29, 0.717) is 19.1 Å². The second-order valence-electron chi connectivity index (χ2n) is 6.27. The Balaban J connectivity index is 1.80. The van der Waals surface area contributed by atoms with E-state index in [1.54, 1.807) is 0 Å². The number of hydrogen-bond acceptors (Lipinski definition) is 4. The van der Waals surface area contributed by atoms with Gasteiger partial charge in [-0.25, -0.2) is 4.98 Å². The van der Waals surface area contributed by atoms with Crippen LogP contribution in [0.25, 0.3) is 5.65 Å². The number of ether oxygens (including phenoxy) is 1. The fourth-order valence-corrected chi connectivity index (χ4v) is 3.18. The van der Waals surface area contributed by atoms with Gasteiger partial charge in [0.2, 0.25) is 0 Å². The average molecular weight is 302 g/mol. The summed E-state index contributed by atoms with van der Waals surface area (Å²) in [7, 11) is 0. The number of aromatic nitrogens is 2. The van der Waals surface area contributed by atoms with Crippen LogP contribution in [-0.2, 0) is 6.54 Å². The molecule has 0 unspecified atom stereocenters. The number of imidazole rings is 1. The summed E-state index contributed by atoms with van der Waals surface area (Å²) in [6, 6.07) is 4.00. The van der Waals surface area contributed by atoms with Gasteiger partial charge in [-0.05, 0) is 44.0 Å². The summed E-state index contributed by atoms with van der Waals surface area (Å²) in [5.74, 6) is 1.21. The number of nitrogens with two attached hydrogens (primary N) is 1. The van der Waals surface area contributed by atoms with Crippen LogP contribution >= 0.6 is 0 Å². The van der Waals surface area contributed by atoms with Gasteiger partial charge in [0.1, 0.15) is 6.61 Å². The Bertz CT molecular complexity index is 629. The molecule has 5 heteroatoms. The minimum atomic E-state index is 0.357. The first-order valence-electron chi connectivity index (χ1n) is 8.25. The lowest BCUT2D eigenvalue weighted by atomic mass is 10.1. The highest BCUT2D eigenvalue weighted by molar-refractivity contribution is 5.56. The molecule has 0 amide bonds. The van der Waals surface area contributed by atoms with E-state index in [-0.39, 0.29) is 0 Å². The molecule has 0 aliphatic carbocycles. The molecule has 2 N–H and O–H groups in total. The van der Waals surface area contributed by atoms with Gasteiger partial charge in [-0.3, -0.25) is 9.30 Å². The molecular weight excluding hydrogens is 276 g/mol. The molecule has 3 heterocycles. The summed E-state index contributed by atoms with van der Waals surface area (Å²) in [5, 5.41) is 0. The third-order valence-electron chi connectivity index (χ3n) is 4.35. The Hall–Kier alpha value is -1.59. The minimum absolute atomic E-state index is 0.357. The zero-order valence-corrected chi connectivity index (χ0v) is 13.6. The molecule has 3 rings (SSSR count). The molecule has 0 saturated carbocycles. The van der Waals surface area contributed by atoms with Crippen molar-refractivity contribution in [2.45, 2.75) is 39.2 Å². The molecular formula is C17H26N4O. The molecule has 2 aromatic rings. The molecule has 0 bridgehead atoms. The van der Waals surface area contributed by atoms with Crippen molar-refractivity contribution in [1.82, 2.24) is 14.3 Å². The maximum absolute atomic E-state index is 6.01. The molecule has 1 saturated heterocycles. The van der Waals surface area contributed by atoms with E-state index in [4.69, 9.17) is 15.5 Å². The predicted octanol–water partition coefficient (Wildman–Crippen LogP) is 2.39. The number of fused-ring (bicyclic) bond motifs is 1. The van der Waals surface area contributed by atoms with Crippen molar-refractivity contribution in [2.75, 3.05) is 26.2 Å². The lowest BCUT2D eigenvalue weighted by Gasteiger charge is -2.15. The first kappa shape index (κ1) is 15.3. The highest BCUT2D eigenvalue weighted by atomic mass is 16.5. The second kappa shape index (κ2) is 6.67. The van der Waals surface area contributed by atoms with Gasteiger partial charge in [0.05, 0.1) is 11.4 Å². The summed E-state index contributed by atoms with van der Waals surface area (Å²) >= 11 is 0. The van der Waals surface area contributed by atoms with Crippen LogP contribution in [0, 0.1) is 0 Å². The molecule has 1 aliphatic heterocycles. The molecule has 0 radical (unpaired) electrons. The van der Waals surface area contributed by atoms with Gasteiger partial charge in [0, 0.05) is 19.3 Å². The van der Waals surface area contributed by atoms with E-state index >= 15 is 0 Å². The predicted molar refractivity (Wildman–Crippen MR) is 88.3 cm³/mol. The second-order valence-corrected chi connectivity index (χ2v) is 6.27. The highest BCUT2D eigenvalue weighted by Crippen LogP contribution is 2.26. The molecule has 120 valence electrons. The van der Waals surface area contributed by atoms with Gasteiger partial charge < -0.3 is 10.5 Å². The highest BCUT2D eigenvalue weighted by Gasteiger charge is 2.17. The maximum atomic E-state index is 6.01. The van der Waals surface area contributed by atoms with Crippen molar-refractivity contribution >= 4 is 5.65 Å². The fraction of sp³-hybridized carbons (Fsp3) is 0.588. The molecule has 1 fully saturated rings. The van der Waals surface area contributed by atoms with Crippen molar-refractivity contribution in [3.05, 3.63) is 29.7 Å². The number of rotatable bonds is 6. The Labute approximate surface area is 132 Å². The van der Waals surface area contributed by atoms with Gasteiger partial charge in [-0.15, -0.1) is 0 Å². The first-order valence-corrected chi connectivity index (χ1v) is 8.25. The molecule has 0 atom stereocenters. The van der Waals surface area contributed by atoms with E-state index < -0.39 is 0 Å². The van der Waals surface area contributed by atoms with Crippen LogP contribution in [0.1, 0.15) is 44.0 Å². The van der Waals surface area contributed by atoms with Crippen LogP contribution in [0.3, 0.4) is 0 Å². The molecule has 22 heavy (non-hydrogen) atoms. The lowest BCUT2D eigenvalue weighted by molar-refractivity contribution is 0.238. The number of likely N-dealkylation sites (tertiary alicyclic amines) is 1. The van der Waals surface area contributed by atoms with E-state index in [1.165, 1.54) is 25.9 Å². The van der Waals surface area contributed by atoms with Gasteiger partial charge in [-0.2, -0.15) is 0 Å². The number of pyridine rings is 1. The van der Waals surface area contributed by atoms with Crippen LogP contribution in [0.5, 0.6) is 5.75 Å². The van der Waals surface area contributed by atoms with Crippen molar-refractivity contribution in [3.63, 3.8) is 0 Å². The van der Waals surface area contributed by atoms with E-state index in [1.807, 2.05) is 18.3 Å². The third kappa shape index (κ3) is 2.96. The number of nitrogens with zero attached hydrogens (tertiary/aromatic N) is 3. The summed E-state index contributed by atoms with van der Waals surface area (Å²) in [5.41, 5.74) is 8.95. The van der Waals surface area contributed by atoms with E-state index in [2.05, 4.69) is 23.1 Å². The maximum Gasteiger partial charge on any atom is 0.180 e. The quantitative estimate of drug-likeness (QED) is 0.890. The smallest absolute Gasteiger partial charge is 0.180 e. The van der Waals surface area contributed by atoms with Gasteiger partial charge in [-0.1, -0.05) is 13.8 Å². The Morgan fingerprint density at radius 1 is 1.32 bits per heavy atom. The molecule has 0 spiro atoms. The van der Waals surface area contributed by atoms with Crippen molar-refractivity contribution < 1.29 is 4.74 Å². The van der Waals surface area contributed by atoms with Gasteiger partial charge in [0.25, 0.3) is 0 Å². The number of hydrogen-bond donors (Lipinski definition) is 1. The first-order chi connectivity index (χ1) is 10.7. The Morgan fingerprint density at radius 3 is 2.77 bits per heavy atom. The largest absolute Gasteiger partial charge is 0.488 e. The zero-order chi connectivity index (χ0) is 15.5. The average Bonchev–Trinajstić information content (AvgIpc) is 3.14. The normalized spacial score (nSPS) is 16.0. The van der Waals surface area contributed by atoms with Crippen LogP contribution in [-0.4, -0.2) is 40.5 Å². The SMILES string of the molecule is CC(C)c1nc2c(OCCN3CCCC3)cccn2c1CN. The summed E-state index contributed by atoms with van der Waals surface area (Å²) in [6.07, 6.45) is 4.64. The van der Waals surface area contributed by atoms with Crippen molar-refractivity contribution in [3.8, 4) is 5.75 Å². The van der Waals surface area contributed by atoms with Crippen molar-refractivity contribution in [1.29, 1.82) is 0 Å². The third-order valence-corrected chi connectivity index (χ3v) is 4.35. The standard InChI is InChI=1S/C17H26N4O/c1-13(2)16-14(12-18)21-9-5-6-15(17(21)19-16)22-11-10-20-7-3-4-8-20/h5-6,9,13H,3-4,7-8,10-12,18H2,1-2H3. The van der Waals surface area contributed by atoms with Gasteiger partial charge >= 0.3 is 0 Å². The van der Waals surface area contributed by atoms with E-state index in [0.717, 1.165) is 29.3 Å². The van der Waals surface area contributed by atoms with Crippen LogP contribution < -0.4 is 10.5 Å². The zero-order valence-electron chi connectivity index (χ0n) is 13.6. The van der Waals surface area contributed by atoms with Crippen LogP contribution in [0.15, 0.2) is 18.3 Å². The van der Waals surface area contributed by atoms with Crippen LogP contribution in [0.4, 0.5) is 0 Å². The lowest BCUT2D eigenvalue weighted by Crippen LogP contribution is -2.25. The fourth-order valence-electron chi connectivity index (χ4n) is 3.18. The molecule has 5 nitrogen and oxygen atoms in total. The topological polar surface area (TPSA) is 55.8 Å². The van der Waals surface area contributed by atoms with E-state index in [9.17, 15) is 0 Å². The van der Waals surface area contributed by atoms with Crippen LogP contribution in [0.2, 0.25) is 0 Å². The molecule has 2 aromatic heterocycles. The minimum Gasteiger partial charge on any atom is -0.488 e. The van der Waals surface area contributed by atoms with Crippen molar-refractivity contribution in [2.24, 2.45) is 5.73 Å². The Kier molecular flexibility index (Phi) is 4.64. The molecule has 0 aromatic carbocycles. The molecule has 1 aliphatic rings. The van der Waals surface area contributed by atoms with Gasteiger partial charge in [0.15, 0.2) is 11.4 Å². The summed E-state index contributed by atoms with van der Waals surface area (Å²) in [4.78, 5) is 7.23. The monoisotopic (exact) mass is 302 g/mol. The Morgan fingerprint density at radius 2 is 2.09 bits per heavy atom. The summed E-state index contributed by atoms with van der Waals surface area (Å²) < 4.78 is 8.08.